The highest BCUT2D eigenvalue weighted by atomic mass is 16.5. The minimum atomic E-state index is 0.503. The van der Waals surface area contributed by atoms with Gasteiger partial charge in [0.2, 0.25) is 0 Å². The molecule has 19 heavy (non-hydrogen) atoms. The number of hydrogen-bond acceptors (Lipinski definition) is 3. The molecule has 2 heterocycles. The van der Waals surface area contributed by atoms with Crippen LogP contribution in [0, 0.1) is 11.8 Å². The Balaban J connectivity index is 1.96. The second-order valence-corrected chi connectivity index (χ2v) is 6.64. The van der Waals surface area contributed by atoms with Gasteiger partial charge in [0.05, 0.1) is 6.10 Å². The Labute approximate surface area is 119 Å². The summed E-state index contributed by atoms with van der Waals surface area (Å²) in [7, 11) is 0. The first kappa shape index (κ1) is 15.3. The lowest BCUT2D eigenvalue weighted by Gasteiger charge is -2.43. The molecule has 0 saturated carbocycles. The third-order valence-electron chi connectivity index (χ3n) is 5.02. The second-order valence-electron chi connectivity index (χ2n) is 6.64. The predicted molar refractivity (Wildman–Crippen MR) is 80.4 cm³/mol. The van der Waals surface area contributed by atoms with Gasteiger partial charge in [-0.1, -0.05) is 27.7 Å². The molecule has 0 amide bonds. The third kappa shape index (κ3) is 3.71. The van der Waals surface area contributed by atoms with E-state index in [9.17, 15) is 0 Å². The van der Waals surface area contributed by atoms with Crippen molar-refractivity contribution < 1.29 is 4.74 Å². The van der Waals surface area contributed by atoms with Crippen LogP contribution in [0.4, 0.5) is 0 Å². The first-order valence-corrected chi connectivity index (χ1v) is 8.24. The Morgan fingerprint density at radius 3 is 2.68 bits per heavy atom. The van der Waals surface area contributed by atoms with Gasteiger partial charge in [0, 0.05) is 38.3 Å². The highest BCUT2D eigenvalue weighted by Crippen LogP contribution is 2.27. The standard InChI is InChI=1S/C16H32N2O/c1-5-14-11-18(15(9-17-14)12(3)4)10-13-7-8-19-16(13)6-2/h12-17H,5-11H2,1-4H3. The van der Waals surface area contributed by atoms with Crippen LogP contribution in [0.2, 0.25) is 0 Å². The van der Waals surface area contributed by atoms with Crippen LogP contribution in [0.15, 0.2) is 0 Å². The number of ether oxygens (including phenoxy) is 1. The number of nitrogens with one attached hydrogen (secondary N) is 1. The molecule has 3 nitrogen and oxygen atoms in total. The van der Waals surface area contributed by atoms with E-state index >= 15 is 0 Å². The van der Waals surface area contributed by atoms with Crippen molar-refractivity contribution in [1.82, 2.24) is 10.2 Å². The first-order chi connectivity index (χ1) is 9.15. The van der Waals surface area contributed by atoms with Crippen LogP contribution in [0.25, 0.3) is 0 Å². The van der Waals surface area contributed by atoms with Gasteiger partial charge < -0.3 is 10.1 Å². The molecule has 0 spiro atoms. The van der Waals surface area contributed by atoms with Crippen molar-refractivity contribution in [3.8, 4) is 0 Å². The zero-order valence-electron chi connectivity index (χ0n) is 13.2. The zero-order valence-corrected chi connectivity index (χ0v) is 13.2. The van der Waals surface area contributed by atoms with Crippen molar-refractivity contribution in [2.45, 2.75) is 65.1 Å². The number of nitrogens with zero attached hydrogens (tertiary/aromatic N) is 1. The first-order valence-electron chi connectivity index (χ1n) is 8.24. The molecule has 3 heteroatoms. The molecular formula is C16H32N2O. The summed E-state index contributed by atoms with van der Waals surface area (Å²) >= 11 is 0. The number of piperazine rings is 1. The van der Waals surface area contributed by atoms with Gasteiger partial charge in [-0.2, -0.15) is 0 Å². The fraction of sp³-hybridized carbons (Fsp3) is 1.00. The number of hydrogen-bond donors (Lipinski definition) is 1. The van der Waals surface area contributed by atoms with Gasteiger partial charge in [-0.05, 0) is 31.1 Å². The van der Waals surface area contributed by atoms with Crippen LogP contribution in [0.5, 0.6) is 0 Å². The Morgan fingerprint density at radius 2 is 2.05 bits per heavy atom. The van der Waals surface area contributed by atoms with E-state index in [4.69, 9.17) is 4.74 Å². The van der Waals surface area contributed by atoms with Crippen LogP contribution >= 0.6 is 0 Å². The molecule has 4 atom stereocenters. The highest BCUT2D eigenvalue weighted by Gasteiger charge is 2.34. The maximum atomic E-state index is 5.86. The Kier molecular flexibility index (Phi) is 5.67. The van der Waals surface area contributed by atoms with E-state index in [-0.39, 0.29) is 0 Å². The Bertz CT molecular complexity index is 269. The lowest BCUT2D eigenvalue weighted by molar-refractivity contribution is 0.0444. The van der Waals surface area contributed by atoms with E-state index in [2.05, 4.69) is 37.9 Å². The maximum Gasteiger partial charge on any atom is 0.0613 e. The molecule has 112 valence electrons. The molecule has 1 N–H and O–H groups in total. The van der Waals surface area contributed by atoms with E-state index < -0.39 is 0 Å². The van der Waals surface area contributed by atoms with Crippen molar-refractivity contribution >= 4 is 0 Å². The molecule has 0 aromatic carbocycles. The SMILES string of the molecule is CCC1CN(CC2CCOC2CC)C(C(C)C)CN1. The quantitative estimate of drug-likeness (QED) is 0.829. The van der Waals surface area contributed by atoms with Crippen LogP contribution in [-0.2, 0) is 4.74 Å². The Hall–Kier alpha value is -0.120. The van der Waals surface area contributed by atoms with Gasteiger partial charge in [-0.25, -0.2) is 0 Å². The summed E-state index contributed by atoms with van der Waals surface area (Å²) < 4.78 is 5.86. The monoisotopic (exact) mass is 268 g/mol. The lowest BCUT2D eigenvalue weighted by Crippen LogP contribution is -2.59. The van der Waals surface area contributed by atoms with Crippen LogP contribution in [-0.4, -0.2) is 49.3 Å². The minimum absolute atomic E-state index is 0.503. The normalized spacial score (nSPS) is 37.1. The fourth-order valence-electron chi connectivity index (χ4n) is 3.69. The predicted octanol–water partition coefficient (Wildman–Crippen LogP) is 2.51. The van der Waals surface area contributed by atoms with Gasteiger partial charge in [0.25, 0.3) is 0 Å². The Morgan fingerprint density at radius 1 is 1.26 bits per heavy atom. The summed E-state index contributed by atoms with van der Waals surface area (Å²) in [6.45, 7) is 13.8. The molecule has 0 aromatic rings. The van der Waals surface area contributed by atoms with Crippen molar-refractivity contribution in [2.75, 3.05) is 26.2 Å². The number of rotatable bonds is 5. The summed E-state index contributed by atoms with van der Waals surface area (Å²) in [5.74, 6) is 1.48. The molecule has 0 aliphatic carbocycles. The molecule has 2 fully saturated rings. The summed E-state index contributed by atoms with van der Waals surface area (Å²) in [5, 5.41) is 3.71. The van der Waals surface area contributed by atoms with Crippen molar-refractivity contribution in [3.63, 3.8) is 0 Å². The molecule has 2 rings (SSSR count). The summed E-state index contributed by atoms with van der Waals surface area (Å²) in [6, 6.07) is 1.37. The summed E-state index contributed by atoms with van der Waals surface area (Å²) in [5.41, 5.74) is 0. The van der Waals surface area contributed by atoms with Crippen LogP contribution in [0.1, 0.15) is 47.0 Å². The average Bonchev–Trinajstić information content (AvgIpc) is 2.85. The minimum Gasteiger partial charge on any atom is -0.378 e. The van der Waals surface area contributed by atoms with Gasteiger partial charge in [-0.3, -0.25) is 4.90 Å². The summed E-state index contributed by atoms with van der Waals surface area (Å²) in [6.07, 6.45) is 4.16. The third-order valence-corrected chi connectivity index (χ3v) is 5.02. The fourth-order valence-corrected chi connectivity index (χ4v) is 3.69. The average molecular weight is 268 g/mol. The molecule has 4 unspecified atom stereocenters. The second kappa shape index (κ2) is 7.05. The van der Waals surface area contributed by atoms with E-state index in [1.54, 1.807) is 0 Å². The summed E-state index contributed by atoms with van der Waals surface area (Å²) in [4.78, 5) is 2.75. The van der Waals surface area contributed by atoms with Crippen molar-refractivity contribution in [2.24, 2.45) is 11.8 Å². The van der Waals surface area contributed by atoms with E-state index in [1.807, 2.05) is 0 Å². The topological polar surface area (TPSA) is 24.5 Å². The van der Waals surface area contributed by atoms with Crippen molar-refractivity contribution in [3.05, 3.63) is 0 Å². The van der Waals surface area contributed by atoms with E-state index in [0.717, 1.165) is 25.0 Å². The van der Waals surface area contributed by atoms with E-state index in [0.29, 0.717) is 18.2 Å². The molecule has 2 saturated heterocycles. The van der Waals surface area contributed by atoms with Crippen LogP contribution in [0.3, 0.4) is 0 Å². The molecule has 0 radical (unpaired) electrons. The highest BCUT2D eigenvalue weighted by molar-refractivity contribution is 4.90. The largest absolute Gasteiger partial charge is 0.378 e. The van der Waals surface area contributed by atoms with E-state index in [1.165, 1.54) is 32.4 Å². The molecule has 2 aliphatic heterocycles. The maximum absolute atomic E-state index is 5.86. The van der Waals surface area contributed by atoms with Crippen molar-refractivity contribution in [1.29, 1.82) is 0 Å². The smallest absolute Gasteiger partial charge is 0.0613 e. The van der Waals surface area contributed by atoms with Crippen LogP contribution < -0.4 is 5.32 Å². The molecule has 0 aromatic heterocycles. The van der Waals surface area contributed by atoms with Gasteiger partial charge in [0.1, 0.15) is 0 Å². The molecule has 2 aliphatic rings. The van der Waals surface area contributed by atoms with Gasteiger partial charge >= 0.3 is 0 Å². The molecule has 0 bridgehead atoms. The zero-order chi connectivity index (χ0) is 13.8. The lowest BCUT2D eigenvalue weighted by atomic mass is 9.93. The molecular weight excluding hydrogens is 236 g/mol. The van der Waals surface area contributed by atoms with Gasteiger partial charge in [0.15, 0.2) is 0 Å². The van der Waals surface area contributed by atoms with Gasteiger partial charge in [-0.15, -0.1) is 0 Å².